The summed E-state index contributed by atoms with van der Waals surface area (Å²) >= 11 is 0. The van der Waals surface area contributed by atoms with Gasteiger partial charge in [-0.15, -0.1) is 12.4 Å². The Kier molecular flexibility index (Phi) is 4.30. The van der Waals surface area contributed by atoms with Crippen molar-refractivity contribution in [2.24, 2.45) is 11.7 Å². The molecule has 0 saturated heterocycles. The number of aliphatic hydroxyl groups excluding tert-OH is 1. The average Bonchev–Trinajstić information content (AvgIpc) is 3.03. The van der Waals surface area contributed by atoms with Crippen LogP contribution in [0.2, 0.25) is 0 Å². The first-order chi connectivity index (χ1) is 7.09. The third-order valence-corrected chi connectivity index (χ3v) is 2.98. The number of halogens is 2. The Morgan fingerprint density at radius 3 is 2.62 bits per heavy atom. The summed E-state index contributed by atoms with van der Waals surface area (Å²) in [5.74, 6) is -0.0623. The zero-order valence-electron chi connectivity index (χ0n) is 9.19. The van der Waals surface area contributed by atoms with Gasteiger partial charge in [-0.3, -0.25) is 0 Å². The van der Waals surface area contributed by atoms with Gasteiger partial charge in [0.1, 0.15) is 5.82 Å². The Balaban J connectivity index is 0.00000128. The first kappa shape index (κ1) is 13.4. The van der Waals surface area contributed by atoms with Gasteiger partial charge in [0.25, 0.3) is 0 Å². The summed E-state index contributed by atoms with van der Waals surface area (Å²) in [5, 5.41) is 9.83. The maximum absolute atomic E-state index is 13.5. The molecule has 2 rings (SSSR count). The van der Waals surface area contributed by atoms with E-state index in [0.29, 0.717) is 5.56 Å². The van der Waals surface area contributed by atoms with Crippen LogP contribution in [-0.2, 0) is 0 Å². The van der Waals surface area contributed by atoms with E-state index in [1.54, 1.807) is 12.1 Å². The molecule has 1 saturated carbocycles. The van der Waals surface area contributed by atoms with E-state index in [9.17, 15) is 9.50 Å². The Labute approximate surface area is 101 Å². The second-order valence-electron chi connectivity index (χ2n) is 4.38. The Bertz CT molecular complexity index is 368. The van der Waals surface area contributed by atoms with Gasteiger partial charge in [0.2, 0.25) is 0 Å². The van der Waals surface area contributed by atoms with E-state index in [-0.39, 0.29) is 24.1 Å². The molecule has 1 fully saturated rings. The highest BCUT2D eigenvalue weighted by Crippen LogP contribution is 2.37. The standard InChI is InChI=1S/C12H16FNO.ClH/c1-7-2-5-10(13)9(6-7)11(14)12(15)8-3-4-8;/h2,5-6,8,11-12,15H,3-4,14H2,1H3;1H/t11-,12+;/m1./s1. The molecule has 1 aromatic rings. The van der Waals surface area contributed by atoms with Crippen molar-refractivity contribution in [1.82, 2.24) is 0 Å². The monoisotopic (exact) mass is 245 g/mol. The highest BCUT2D eigenvalue weighted by atomic mass is 35.5. The van der Waals surface area contributed by atoms with Crippen LogP contribution < -0.4 is 5.73 Å². The third kappa shape index (κ3) is 2.73. The molecule has 2 atom stereocenters. The van der Waals surface area contributed by atoms with Crippen molar-refractivity contribution in [3.63, 3.8) is 0 Å². The SMILES string of the molecule is Cc1ccc(F)c([C@@H](N)[C@@H](O)C2CC2)c1.Cl. The molecule has 0 amide bonds. The Hall–Kier alpha value is -0.640. The Morgan fingerprint density at radius 2 is 2.06 bits per heavy atom. The molecule has 1 aliphatic rings. The summed E-state index contributed by atoms with van der Waals surface area (Å²) in [6.07, 6.45) is 1.39. The van der Waals surface area contributed by atoms with Crippen molar-refractivity contribution in [3.8, 4) is 0 Å². The maximum atomic E-state index is 13.5. The van der Waals surface area contributed by atoms with E-state index < -0.39 is 12.1 Å². The molecule has 0 spiro atoms. The molecule has 2 nitrogen and oxygen atoms in total. The summed E-state index contributed by atoms with van der Waals surface area (Å²) < 4.78 is 13.5. The topological polar surface area (TPSA) is 46.2 Å². The van der Waals surface area contributed by atoms with Crippen LogP contribution in [0.15, 0.2) is 18.2 Å². The first-order valence-corrected chi connectivity index (χ1v) is 5.29. The molecule has 0 aromatic heterocycles. The highest BCUT2D eigenvalue weighted by Gasteiger charge is 2.35. The minimum absolute atomic E-state index is 0. The number of hydrogen-bond donors (Lipinski definition) is 2. The molecule has 3 N–H and O–H groups in total. The van der Waals surface area contributed by atoms with Gasteiger partial charge in [-0.2, -0.15) is 0 Å². The van der Waals surface area contributed by atoms with Gasteiger partial charge in [-0.25, -0.2) is 4.39 Å². The van der Waals surface area contributed by atoms with Crippen molar-refractivity contribution < 1.29 is 9.50 Å². The lowest BCUT2D eigenvalue weighted by Gasteiger charge is -2.19. The lowest BCUT2D eigenvalue weighted by molar-refractivity contribution is 0.121. The minimum atomic E-state index is -0.610. The first-order valence-electron chi connectivity index (χ1n) is 5.29. The highest BCUT2D eigenvalue weighted by molar-refractivity contribution is 5.85. The van der Waals surface area contributed by atoms with Crippen molar-refractivity contribution in [2.75, 3.05) is 0 Å². The number of aryl methyl sites for hydroxylation is 1. The van der Waals surface area contributed by atoms with Gasteiger partial charge >= 0.3 is 0 Å². The van der Waals surface area contributed by atoms with Gasteiger partial charge < -0.3 is 10.8 Å². The van der Waals surface area contributed by atoms with Gasteiger partial charge in [0.15, 0.2) is 0 Å². The molecule has 0 unspecified atom stereocenters. The quantitative estimate of drug-likeness (QED) is 0.859. The van der Waals surface area contributed by atoms with Crippen LogP contribution in [0.5, 0.6) is 0 Å². The predicted octanol–water partition coefficient (Wildman–Crippen LogP) is 2.33. The number of benzene rings is 1. The van der Waals surface area contributed by atoms with Crippen molar-refractivity contribution >= 4 is 12.4 Å². The minimum Gasteiger partial charge on any atom is -0.391 e. The predicted molar refractivity (Wildman–Crippen MR) is 64.0 cm³/mol. The van der Waals surface area contributed by atoms with Gasteiger partial charge in [-0.05, 0) is 31.7 Å². The zero-order chi connectivity index (χ0) is 11.0. The lowest BCUT2D eigenvalue weighted by Crippen LogP contribution is -2.28. The van der Waals surface area contributed by atoms with Crippen LogP contribution in [0, 0.1) is 18.7 Å². The smallest absolute Gasteiger partial charge is 0.128 e. The fraction of sp³-hybridized carbons (Fsp3) is 0.500. The molecular weight excluding hydrogens is 229 g/mol. The summed E-state index contributed by atoms with van der Waals surface area (Å²) in [6, 6.07) is 4.22. The van der Waals surface area contributed by atoms with Gasteiger partial charge in [-0.1, -0.05) is 17.7 Å². The summed E-state index contributed by atoms with van der Waals surface area (Å²) in [5.41, 5.74) is 7.25. The van der Waals surface area contributed by atoms with E-state index in [4.69, 9.17) is 5.73 Å². The van der Waals surface area contributed by atoms with Crippen LogP contribution in [0.1, 0.15) is 30.0 Å². The molecule has 0 aliphatic heterocycles. The summed E-state index contributed by atoms with van der Waals surface area (Å²) in [4.78, 5) is 0. The molecule has 0 heterocycles. The molecule has 4 heteroatoms. The molecular formula is C12H17ClFNO. The second-order valence-corrected chi connectivity index (χ2v) is 4.38. The van der Waals surface area contributed by atoms with E-state index in [2.05, 4.69) is 0 Å². The average molecular weight is 246 g/mol. The number of hydrogen-bond acceptors (Lipinski definition) is 2. The molecule has 0 bridgehead atoms. The molecule has 1 aromatic carbocycles. The van der Waals surface area contributed by atoms with E-state index in [1.165, 1.54) is 6.07 Å². The van der Waals surface area contributed by atoms with Crippen LogP contribution in [0.25, 0.3) is 0 Å². The fourth-order valence-electron chi connectivity index (χ4n) is 1.83. The fourth-order valence-corrected chi connectivity index (χ4v) is 1.83. The summed E-state index contributed by atoms with van der Waals surface area (Å²) in [7, 11) is 0. The second kappa shape index (κ2) is 5.13. The third-order valence-electron chi connectivity index (χ3n) is 2.98. The number of aliphatic hydroxyl groups is 1. The Morgan fingerprint density at radius 1 is 1.44 bits per heavy atom. The molecule has 90 valence electrons. The lowest BCUT2D eigenvalue weighted by atomic mass is 9.97. The van der Waals surface area contributed by atoms with E-state index in [0.717, 1.165) is 18.4 Å². The molecule has 1 aliphatic carbocycles. The maximum Gasteiger partial charge on any atom is 0.128 e. The number of nitrogens with two attached hydrogens (primary N) is 1. The van der Waals surface area contributed by atoms with Crippen LogP contribution in [0.3, 0.4) is 0 Å². The van der Waals surface area contributed by atoms with Crippen molar-refractivity contribution in [1.29, 1.82) is 0 Å². The van der Waals surface area contributed by atoms with Gasteiger partial charge in [0, 0.05) is 5.56 Å². The molecule has 16 heavy (non-hydrogen) atoms. The van der Waals surface area contributed by atoms with Gasteiger partial charge in [0.05, 0.1) is 12.1 Å². The van der Waals surface area contributed by atoms with Crippen LogP contribution in [0.4, 0.5) is 4.39 Å². The summed E-state index contributed by atoms with van der Waals surface area (Å²) in [6.45, 7) is 1.89. The zero-order valence-corrected chi connectivity index (χ0v) is 10.0. The molecule has 0 radical (unpaired) electrons. The normalized spacial score (nSPS) is 18.8. The van der Waals surface area contributed by atoms with Crippen molar-refractivity contribution in [3.05, 3.63) is 35.1 Å². The number of rotatable bonds is 3. The van der Waals surface area contributed by atoms with Crippen molar-refractivity contribution in [2.45, 2.75) is 31.9 Å². The van der Waals surface area contributed by atoms with Crippen LogP contribution >= 0.6 is 12.4 Å². The largest absolute Gasteiger partial charge is 0.391 e. The van der Waals surface area contributed by atoms with E-state index >= 15 is 0 Å². The van der Waals surface area contributed by atoms with Crippen LogP contribution in [-0.4, -0.2) is 11.2 Å². The van der Waals surface area contributed by atoms with E-state index in [1.807, 2.05) is 6.92 Å².